The summed E-state index contributed by atoms with van der Waals surface area (Å²) in [6.07, 6.45) is 2.36. The highest BCUT2D eigenvalue weighted by Gasteiger charge is 2.28. The standard InChI is InChI=1S/C18H24N4O2S/c1-4-24-16-9-5-14(6-10-16)11-21(3)17(23)12-25-18-20-19-13(2)22(18)15-7-8-15/h5-6,9-10,15H,4,7-8,11-12H2,1-3H3. The van der Waals surface area contributed by atoms with Crippen molar-refractivity contribution in [3.63, 3.8) is 0 Å². The van der Waals surface area contributed by atoms with Gasteiger partial charge in [-0.2, -0.15) is 0 Å². The van der Waals surface area contributed by atoms with E-state index in [1.54, 1.807) is 4.90 Å². The fourth-order valence-corrected chi connectivity index (χ4v) is 3.65. The lowest BCUT2D eigenvalue weighted by Crippen LogP contribution is -2.27. The fourth-order valence-electron chi connectivity index (χ4n) is 2.66. The van der Waals surface area contributed by atoms with Crippen LogP contribution in [-0.2, 0) is 11.3 Å². The lowest BCUT2D eigenvalue weighted by molar-refractivity contribution is -0.127. The van der Waals surface area contributed by atoms with E-state index in [0.29, 0.717) is 24.9 Å². The van der Waals surface area contributed by atoms with Crippen molar-refractivity contribution < 1.29 is 9.53 Å². The van der Waals surface area contributed by atoms with E-state index in [0.717, 1.165) is 22.3 Å². The van der Waals surface area contributed by atoms with E-state index in [1.807, 2.05) is 45.2 Å². The Morgan fingerprint density at radius 3 is 2.68 bits per heavy atom. The number of rotatable bonds is 8. The summed E-state index contributed by atoms with van der Waals surface area (Å²) >= 11 is 1.47. The number of aryl methyl sites for hydroxylation is 1. The van der Waals surface area contributed by atoms with Crippen molar-refractivity contribution in [3.8, 4) is 5.75 Å². The number of hydrogen-bond acceptors (Lipinski definition) is 5. The predicted molar refractivity (Wildman–Crippen MR) is 97.8 cm³/mol. The summed E-state index contributed by atoms with van der Waals surface area (Å²) in [5.74, 6) is 2.24. The van der Waals surface area contributed by atoms with Crippen LogP contribution in [0.1, 0.15) is 37.2 Å². The molecule has 0 radical (unpaired) electrons. The van der Waals surface area contributed by atoms with Gasteiger partial charge in [-0.25, -0.2) is 0 Å². The summed E-state index contributed by atoms with van der Waals surface area (Å²) < 4.78 is 7.60. The molecule has 25 heavy (non-hydrogen) atoms. The molecule has 0 N–H and O–H groups in total. The Bertz CT molecular complexity index is 725. The van der Waals surface area contributed by atoms with Crippen molar-refractivity contribution in [2.24, 2.45) is 0 Å². The molecule has 0 spiro atoms. The van der Waals surface area contributed by atoms with Crippen molar-refractivity contribution in [2.75, 3.05) is 19.4 Å². The monoisotopic (exact) mass is 360 g/mol. The lowest BCUT2D eigenvalue weighted by Gasteiger charge is -2.17. The molecule has 1 heterocycles. The lowest BCUT2D eigenvalue weighted by atomic mass is 10.2. The molecule has 3 rings (SSSR count). The molecule has 2 aromatic rings. The Kier molecular flexibility index (Phi) is 5.63. The maximum Gasteiger partial charge on any atom is 0.233 e. The van der Waals surface area contributed by atoms with Crippen LogP contribution >= 0.6 is 11.8 Å². The van der Waals surface area contributed by atoms with E-state index in [1.165, 1.54) is 24.6 Å². The first-order valence-electron chi connectivity index (χ1n) is 8.58. The number of amides is 1. The van der Waals surface area contributed by atoms with Gasteiger partial charge in [-0.3, -0.25) is 4.79 Å². The topological polar surface area (TPSA) is 60.2 Å². The van der Waals surface area contributed by atoms with Crippen LogP contribution in [0, 0.1) is 6.92 Å². The minimum absolute atomic E-state index is 0.0851. The average Bonchev–Trinajstić information content (AvgIpc) is 3.37. The number of benzene rings is 1. The molecule has 6 nitrogen and oxygen atoms in total. The van der Waals surface area contributed by atoms with Gasteiger partial charge in [-0.05, 0) is 44.4 Å². The Morgan fingerprint density at radius 2 is 2.04 bits per heavy atom. The van der Waals surface area contributed by atoms with Crippen molar-refractivity contribution in [1.82, 2.24) is 19.7 Å². The van der Waals surface area contributed by atoms with Crippen molar-refractivity contribution in [1.29, 1.82) is 0 Å². The third-order valence-corrected chi connectivity index (χ3v) is 5.08. The molecule has 134 valence electrons. The second-order valence-electron chi connectivity index (χ2n) is 6.25. The first-order valence-corrected chi connectivity index (χ1v) is 9.57. The van der Waals surface area contributed by atoms with E-state index in [-0.39, 0.29) is 5.91 Å². The summed E-state index contributed by atoms with van der Waals surface area (Å²) in [7, 11) is 1.83. The summed E-state index contributed by atoms with van der Waals surface area (Å²) in [4.78, 5) is 14.2. The van der Waals surface area contributed by atoms with Crippen LogP contribution < -0.4 is 4.74 Å². The van der Waals surface area contributed by atoms with Gasteiger partial charge in [-0.1, -0.05) is 23.9 Å². The Balaban J connectivity index is 1.52. The number of ether oxygens (including phenoxy) is 1. The number of carbonyl (C=O) groups excluding carboxylic acids is 1. The smallest absolute Gasteiger partial charge is 0.233 e. The second kappa shape index (κ2) is 7.91. The molecule has 0 aliphatic heterocycles. The fraction of sp³-hybridized carbons (Fsp3) is 0.500. The number of thioether (sulfide) groups is 1. The van der Waals surface area contributed by atoms with E-state index >= 15 is 0 Å². The zero-order valence-electron chi connectivity index (χ0n) is 14.9. The van der Waals surface area contributed by atoms with Gasteiger partial charge in [0.15, 0.2) is 5.16 Å². The summed E-state index contributed by atoms with van der Waals surface area (Å²) in [6, 6.07) is 8.39. The molecule has 0 unspecified atom stereocenters. The zero-order chi connectivity index (χ0) is 17.8. The predicted octanol–water partition coefficient (Wildman–Crippen LogP) is 3.07. The van der Waals surface area contributed by atoms with Gasteiger partial charge < -0.3 is 14.2 Å². The van der Waals surface area contributed by atoms with Gasteiger partial charge in [0.25, 0.3) is 0 Å². The molecule has 0 atom stereocenters. The highest BCUT2D eigenvalue weighted by Crippen LogP contribution is 2.38. The molecule has 1 aromatic carbocycles. The molecule has 1 fully saturated rings. The van der Waals surface area contributed by atoms with E-state index in [9.17, 15) is 4.79 Å². The molecule has 1 amide bonds. The van der Waals surface area contributed by atoms with Gasteiger partial charge in [0.2, 0.25) is 5.91 Å². The Labute approximate surface area is 152 Å². The maximum atomic E-state index is 12.4. The van der Waals surface area contributed by atoms with Crippen LogP contribution in [0.2, 0.25) is 0 Å². The minimum Gasteiger partial charge on any atom is -0.494 e. The van der Waals surface area contributed by atoms with Crippen molar-refractivity contribution in [3.05, 3.63) is 35.7 Å². The summed E-state index contributed by atoms with van der Waals surface area (Å²) in [6.45, 7) is 5.17. The van der Waals surface area contributed by atoms with Gasteiger partial charge in [0.1, 0.15) is 11.6 Å². The molecule has 7 heteroatoms. The average molecular weight is 360 g/mol. The largest absolute Gasteiger partial charge is 0.494 e. The van der Waals surface area contributed by atoms with Gasteiger partial charge >= 0.3 is 0 Å². The van der Waals surface area contributed by atoms with Crippen LogP contribution in [0.4, 0.5) is 0 Å². The molecule has 1 aliphatic rings. The molecule has 0 bridgehead atoms. The van der Waals surface area contributed by atoms with Crippen LogP contribution in [0.5, 0.6) is 5.75 Å². The summed E-state index contributed by atoms with van der Waals surface area (Å²) in [5, 5.41) is 9.21. The van der Waals surface area contributed by atoms with Gasteiger partial charge in [-0.15, -0.1) is 10.2 Å². The quantitative estimate of drug-likeness (QED) is 0.677. The van der Waals surface area contributed by atoms with Crippen LogP contribution in [0.25, 0.3) is 0 Å². The Morgan fingerprint density at radius 1 is 1.32 bits per heavy atom. The third kappa shape index (κ3) is 4.54. The highest BCUT2D eigenvalue weighted by molar-refractivity contribution is 7.99. The maximum absolute atomic E-state index is 12.4. The zero-order valence-corrected chi connectivity index (χ0v) is 15.8. The Hall–Kier alpha value is -2.02. The number of aromatic nitrogens is 3. The van der Waals surface area contributed by atoms with Gasteiger partial charge in [0.05, 0.1) is 12.4 Å². The molecule has 1 saturated carbocycles. The van der Waals surface area contributed by atoms with Crippen molar-refractivity contribution >= 4 is 17.7 Å². The number of carbonyl (C=O) groups is 1. The number of hydrogen-bond donors (Lipinski definition) is 0. The SMILES string of the molecule is CCOc1ccc(CN(C)C(=O)CSc2nnc(C)n2C2CC2)cc1. The molecular weight excluding hydrogens is 336 g/mol. The molecule has 1 aromatic heterocycles. The van der Waals surface area contributed by atoms with Crippen LogP contribution in [0.15, 0.2) is 29.4 Å². The summed E-state index contributed by atoms with van der Waals surface area (Å²) in [5.41, 5.74) is 1.08. The van der Waals surface area contributed by atoms with Crippen LogP contribution in [0.3, 0.4) is 0 Å². The first kappa shape index (κ1) is 17.8. The second-order valence-corrected chi connectivity index (χ2v) is 7.19. The number of nitrogens with zero attached hydrogens (tertiary/aromatic N) is 4. The van der Waals surface area contributed by atoms with E-state index in [4.69, 9.17) is 4.74 Å². The molecular formula is C18H24N4O2S. The molecule has 1 aliphatic carbocycles. The first-order chi connectivity index (χ1) is 12.1. The van der Waals surface area contributed by atoms with E-state index in [2.05, 4.69) is 14.8 Å². The highest BCUT2D eigenvalue weighted by atomic mass is 32.2. The van der Waals surface area contributed by atoms with Crippen LogP contribution in [-0.4, -0.2) is 45.0 Å². The van der Waals surface area contributed by atoms with E-state index < -0.39 is 0 Å². The van der Waals surface area contributed by atoms with Crippen molar-refractivity contribution in [2.45, 2.75) is 44.4 Å². The molecule has 0 saturated heterocycles. The third-order valence-electron chi connectivity index (χ3n) is 4.15. The minimum atomic E-state index is 0.0851. The van der Waals surface area contributed by atoms with Gasteiger partial charge in [0, 0.05) is 19.6 Å². The normalized spacial score (nSPS) is 13.7.